The molecule has 1 aromatic carbocycles. The van der Waals surface area contributed by atoms with Gasteiger partial charge in [0.25, 0.3) is 0 Å². The van der Waals surface area contributed by atoms with Crippen LogP contribution in [-0.2, 0) is 23.8 Å². The number of carbonyl (C=O) groups is 2. The van der Waals surface area contributed by atoms with E-state index >= 15 is 0 Å². The van der Waals surface area contributed by atoms with Crippen molar-refractivity contribution < 1.29 is 28.9 Å². The lowest BCUT2D eigenvalue weighted by Gasteiger charge is -2.52. The van der Waals surface area contributed by atoms with Crippen LogP contribution in [0.5, 0.6) is 0 Å². The molecule has 1 aromatic rings. The third kappa shape index (κ3) is 4.24. The van der Waals surface area contributed by atoms with Crippen molar-refractivity contribution >= 4 is 18.0 Å². The van der Waals surface area contributed by atoms with E-state index in [1.54, 1.807) is 6.08 Å². The first-order valence-corrected chi connectivity index (χ1v) is 12.7. The number of aliphatic hydroxyl groups is 1. The Morgan fingerprint density at radius 1 is 1.17 bits per heavy atom. The van der Waals surface area contributed by atoms with E-state index in [0.717, 1.165) is 49.9 Å². The Morgan fingerprint density at radius 2 is 1.91 bits per heavy atom. The summed E-state index contributed by atoms with van der Waals surface area (Å²) in [6.07, 6.45) is 6.20. The van der Waals surface area contributed by atoms with E-state index in [-0.39, 0.29) is 11.8 Å². The van der Waals surface area contributed by atoms with E-state index < -0.39 is 42.0 Å². The van der Waals surface area contributed by atoms with Gasteiger partial charge < -0.3 is 24.6 Å². The number of hydrogen-bond acceptors (Lipinski definition) is 7. The van der Waals surface area contributed by atoms with E-state index in [4.69, 9.17) is 14.2 Å². The van der Waals surface area contributed by atoms with Crippen molar-refractivity contribution in [3.8, 4) is 0 Å². The lowest BCUT2D eigenvalue weighted by atomic mass is 9.71. The van der Waals surface area contributed by atoms with Crippen LogP contribution in [0, 0.1) is 11.8 Å². The van der Waals surface area contributed by atoms with Gasteiger partial charge in [-0.05, 0) is 75.8 Å². The van der Waals surface area contributed by atoms with Gasteiger partial charge in [0, 0.05) is 18.4 Å². The van der Waals surface area contributed by atoms with Crippen molar-refractivity contribution in [3.05, 3.63) is 53.1 Å². The van der Waals surface area contributed by atoms with Gasteiger partial charge in [-0.25, -0.2) is 9.59 Å². The minimum absolute atomic E-state index is 0.00719. The standard InChI is InChI=1S/C28H35NO6/c1-18-8-10-21-25(18)26(34-23(31)11-9-19-6-4-3-5-7-19)28(20-12-14-29-15-13-20)16-22(27(21,2)35-28)33-24(32)17-30/h3-7,9,11,20-22,26,29-30H,8,10,12-17H2,1-2H3/b11-9+. The van der Waals surface area contributed by atoms with Crippen LogP contribution in [0.2, 0.25) is 0 Å². The third-order valence-corrected chi connectivity index (χ3v) is 8.53. The van der Waals surface area contributed by atoms with E-state index in [1.807, 2.05) is 37.3 Å². The first-order chi connectivity index (χ1) is 16.9. The van der Waals surface area contributed by atoms with Crippen molar-refractivity contribution in [2.75, 3.05) is 19.7 Å². The number of benzene rings is 1. The Bertz CT molecular complexity index is 1030. The molecule has 7 heteroatoms. The minimum Gasteiger partial charge on any atom is -0.457 e. The zero-order chi connectivity index (χ0) is 24.6. The molecule has 5 unspecified atom stereocenters. The van der Waals surface area contributed by atoms with Crippen molar-refractivity contribution in [1.29, 1.82) is 0 Å². The molecule has 5 atom stereocenters. The lowest BCUT2D eigenvalue weighted by molar-refractivity contribution is -0.229. The second kappa shape index (κ2) is 9.52. The first-order valence-electron chi connectivity index (χ1n) is 12.7. The van der Waals surface area contributed by atoms with E-state index in [0.29, 0.717) is 6.42 Å². The third-order valence-electron chi connectivity index (χ3n) is 8.53. The summed E-state index contributed by atoms with van der Waals surface area (Å²) < 4.78 is 19.1. The molecule has 0 radical (unpaired) electrons. The number of carbonyl (C=O) groups excluding carboxylic acids is 2. The molecule has 188 valence electrons. The van der Waals surface area contributed by atoms with Gasteiger partial charge in [0.15, 0.2) is 6.10 Å². The van der Waals surface area contributed by atoms with E-state index in [1.165, 1.54) is 11.6 Å². The number of fused-ring (bicyclic) bond motifs is 4. The Hall–Kier alpha value is -2.48. The maximum Gasteiger partial charge on any atom is 0.332 e. The summed E-state index contributed by atoms with van der Waals surface area (Å²) in [7, 11) is 0. The van der Waals surface area contributed by atoms with Crippen molar-refractivity contribution in [1.82, 2.24) is 5.32 Å². The van der Waals surface area contributed by atoms with Crippen LogP contribution >= 0.6 is 0 Å². The average molecular weight is 482 g/mol. The van der Waals surface area contributed by atoms with Crippen LogP contribution < -0.4 is 5.32 Å². The molecule has 0 spiro atoms. The van der Waals surface area contributed by atoms with Crippen LogP contribution in [0.4, 0.5) is 0 Å². The van der Waals surface area contributed by atoms with Gasteiger partial charge >= 0.3 is 11.9 Å². The van der Waals surface area contributed by atoms with Crippen molar-refractivity contribution in [3.63, 3.8) is 0 Å². The molecule has 3 saturated heterocycles. The number of aliphatic hydroxyl groups excluding tert-OH is 1. The Balaban J connectivity index is 1.52. The van der Waals surface area contributed by atoms with E-state index in [2.05, 4.69) is 12.2 Å². The Labute approximate surface area is 206 Å². The van der Waals surface area contributed by atoms with Crippen molar-refractivity contribution in [2.24, 2.45) is 11.8 Å². The average Bonchev–Trinajstić information content (AvgIpc) is 3.39. The molecule has 3 fully saturated rings. The fourth-order valence-electron chi connectivity index (χ4n) is 6.86. The number of allylic oxidation sites excluding steroid dienone is 1. The number of ether oxygens (including phenoxy) is 3. The monoisotopic (exact) mass is 481 g/mol. The highest BCUT2D eigenvalue weighted by molar-refractivity contribution is 5.87. The highest BCUT2D eigenvalue weighted by Crippen LogP contribution is 2.62. The minimum atomic E-state index is -0.773. The summed E-state index contributed by atoms with van der Waals surface area (Å²) in [5.41, 5.74) is 1.82. The zero-order valence-electron chi connectivity index (χ0n) is 20.5. The van der Waals surface area contributed by atoms with Crippen LogP contribution in [-0.4, -0.2) is 60.2 Å². The SMILES string of the molecule is CC1=C2C(CC1)C1(C)OC(C3CCNCC3)(CC1OC(=O)CO)C2OC(=O)/C=C/c1ccccc1. The summed E-state index contributed by atoms with van der Waals surface area (Å²) in [5.74, 6) is -0.903. The molecule has 3 aliphatic heterocycles. The largest absolute Gasteiger partial charge is 0.457 e. The van der Waals surface area contributed by atoms with Crippen LogP contribution in [0.15, 0.2) is 47.6 Å². The molecular formula is C28H35NO6. The number of piperidine rings is 1. The summed E-state index contributed by atoms with van der Waals surface area (Å²) in [5, 5.41) is 12.8. The van der Waals surface area contributed by atoms with E-state index in [9.17, 15) is 14.7 Å². The molecule has 2 N–H and O–H groups in total. The predicted molar refractivity (Wildman–Crippen MR) is 130 cm³/mol. The maximum atomic E-state index is 13.1. The number of rotatable bonds is 6. The second-order valence-corrected chi connectivity index (χ2v) is 10.5. The van der Waals surface area contributed by atoms with Gasteiger partial charge in [0.2, 0.25) is 0 Å². The van der Waals surface area contributed by atoms with Crippen LogP contribution in [0.1, 0.15) is 51.5 Å². The van der Waals surface area contributed by atoms with Gasteiger partial charge in [0.1, 0.15) is 23.9 Å². The first kappa shape index (κ1) is 24.2. The molecular weight excluding hydrogens is 446 g/mol. The maximum absolute atomic E-state index is 13.1. The summed E-state index contributed by atoms with van der Waals surface area (Å²) in [6.45, 7) is 5.21. The van der Waals surface area contributed by atoms with Gasteiger partial charge in [-0.2, -0.15) is 0 Å². The molecule has 3 heterocycles. The number of hydrogen-bond donors (Lipinski definition) is 2. The van der Waals surface area contributed by atoms with Gasteiger partial charge in [-0.3, -0.25) is 0 Å². The highest BCUT2D eigenvalue weighted by atomic mass is 16.6. The molecule has 0 aromatic heterocycles. The molecule has 4 aliphatic rings. The van der Waals surface area contributed by atoms with Gasteiger partial charge in [-0.1, -0.05) is 35.9 Å². The molecule has 35 heavy (non-hydrogen) atoms. The zero-order valence-corrected chi connectivity index (χ0v) is 20.5. The summed E-state index contributed by atoms with van der Waals surface area (Å²) in [4.78, 5) is 25.3. The van der Waals surface area contributed by atoms with Crippen LogP contribution in [0.3, 0.4) is 0 Å². The Morgan fingerprint density at radius 3 is 2.63 bits per heavy atom. The normalized spacial score (nSPS) is 34.8. The van der Waals surface area contributed by atoms with Gasteiger partial charge in [0.05, 0.1) is 0 Å². The topological polar surface area (TPSA) is 94.1 Å². The summed E-state index contributed by atoms with van der Waals surface area (Å²) in [6, 6.07) is 9.66. The quantitative estimate of drug-likeness (QED) is 0.366. The molecule has 0 amide bonds. The second-order valence-electron chi connectivity index (χ2n) is 10.5. The highest BCUT2D eigenvalue weighted by Gasteiger charge is 2.71. The molecule has 5 rings (SSSR count). The lowest BCUT2D eigenvalue weighted by Crippen LogP contribution is -2.60. The number of esters is 2. The van der Waals surface area contributed by atoms with Crippen molar-refractivity contribution in [2.45, 2.75) is 69.4 Å². The number of nitrogens with one attached hydrogen (secondary N) is 1. The Kier molecular flexibility index (Phi) is 6.59. The molecule has 7 nitrogen and oxygen atoms in total. The summed E-state index contributed by atoms with van der Waals surface area (Å²) >= 11 is 0. The fourth-order valence-corrected chi connectivity index (χ4v) is 6.86. The van der Waals surface area contributed by atoms with Crippen LogP contribution in [0.25, 0.3) is 6.08 Å². The molecule has 1 aliphatic carbocycles. The van der Waals surface area contributed by atoms with Gasteiger partial charge in [-0.15, -0.1) is 0 Å². The smallest absolute Gasteiger partial charge is 0.332 e. The predicted octanol–water partition coefficient (Wildman–Crippen LogP) is 3.17. The fraction of sp³-hybridized carbons (Fsp3) is 0.571. The molecule has 0 saturated carbocycles. The molecule has 2 bridgehead atoms.